The first-order chi connectivity index (χ1) is 25.3. The average molecular weight is 710 g/mol. The first-order valence-electron chi connectivity index (χ1n) is 17.2. The third kappa shape index (κ3) is 7.36. The van der Waals surface area contributed by atoms with Crippen LogP contribution in [0.25, 0.3) is 0 Å². The van der Waals surface area contributed by atoms with Gasteiger partial charge in [0.05, 0.1) is 22.8 Å². The van der Waals surface area contributed by atoms with Gasteiger partial charge in [-0.2, -0.15) is 0 Å². The Hall–Kier alpha value is -6.06. The molecule has 0 spiro atoms. The van der Waals surface area contributed by atoms with Crippen LogP contribution in [0.3, 0.4) is 0 Å². The summed E-state index contributed by atoms with van der Waals surface area (Å²) in [7, 11) is -4.04. The molecule has 0 radical (unpaired) electrons. The number of rotatable bonds is 12. The number of para-hydroxylation sites is 1. The van der Waals surface area contributed by atoms with Crippen LogP contribution in [0.5, 0.6) is 11.5 Å². The van der Waals surface area contributed by atoms with Crippen LogP contribution in [0.15, 0.2) is 157 Å². The number of hydrogen-bond acceptors (Lipinski definition) is 6. The summed E-state index contributed by atoms with van der Waals surface area (Å²) >= 11 is 0. The van der Waals surface area contributed by atoms with Crippen molar-refractivity contribution in [3.63, 3.8) is 0 Å². The summed E-state index contributed by atoms with van der Waals surface area (Å²) < 4.78 is 42.4. The Labute approximate surface area is 304 Å². The van der Waals surface area contributed by atoms with Gasteiger partial charge < -0.3 is 14.4 Å². The van der Waals surface area contributed by atoms with Crippen LogP contribution in [-0.2, 0) is 23.2 Å². The highest BCUT2D eigenvalue weighted by Gasteiger charge is 2.41. The van der Waals surface area contributed by atoms with E-state index in [4.69, 9.17) is 9.47 Å². The summed E-state index contributed by atoms with van der Waals surface area (Å²) in [4.78, 5) is 18.8. The van der Waals surface area contributed by atoms with Crippen molar-refractivity contribution in [2.24, 2.45) is 0 Å². The van der Waals surface area contributed by atoms with Crippen LogP contribution in [0.1, 0.15) is 45.7 Å². The number of sulfonamides is 1. The number of nitrogens with zero attached hydrogens (tertiary/aromatic N) is 2. The van der Waals surface area contributed by atoms with Gasteiger partial charge in [0, 0.05) is 23.5 Å². The number of benzene rings is 6. The molecule has 1 amide bonds. The van der Waals surface area contributed by atoms with E-state index >= 15 is 0 Å². The number of ether oxygens (including phenoxy) is 2. The number of carbonyl (C=O) groups excluding carboxylic acids is 1. The number of hydrogen-bond donors (Lipinski definition) is 1. The van der Waals surface area contributed by atoms with E-state index in [9.17, 15) is 13.2 Å². The lowest BCUT2D eigenvalue weighted by molar-refractivity contribution is 0.0967. The Balaban J connectivity index is 1.38. The number of anilines is 3. The van der Waals surface area contributed by atoms with Gasteiger partial charge in [0.25, 0.3) is 15.9 Å². The third-order valence-corrected chi connectivity index (χ3v) is 10.3. The second-order valence-electron chi connectivity index (χ2n) is 12.6. The van der Waals surface area contributed by atoms with E-state index in [1.54, 1.807) is 29.2 Å². The van der Waals surface area contributed by atoms with Crippen LogP contribution in [-0.4, -0.2) is 20.9 Å². The first kappa shape index (κ1) is 34.4. The first-order valence-corrected chi connectivity index (χ1v) is 18.7. The Bertz CT molecular complexity index is 2260. The fraction of sp³-hybridized carbons (Fsp3) is 0.140. The van der Waals surface area contributed by atoms with Gasteiger partial charge in [-0.3, -0.25) is 14.4 Å². The highest BCUT2D eigenvalue weighted by molar-refractivity contribution is 7.92. The van der Waals surface area contributed by atoms with Crippen molar-refractivity contribution in [3.05, 3.63) is 179 Å². The summed E-state index contributed by atoms with van der Waals surface area (Å²) in [6, 6.07) is 47.0. The molecule has 1 atom stereocenters. The molecule has 1 heterocycles. The number of aryl methyl sites for hydroxylation is 1. The molecule has 9 heteroatoms. The summed E-state index contributed by atoms with van der Waals surface area (Å²) in [5, 5.41) is 0. The van der Waals surface area contributed by atoms with E-state index in [2.05, 4.69) is 9.62 Å². The van der Waals surface area contributed by atoms with E-state index in [0.717, 1.165) is 22.3 Å². The molecule has 0 aromatic heterocycles. The van der Waals surface area contributed by atoms with E-state index in [1.165, 1.54) is 6.07 Å². The molecule has 8 nitrogen and oxygen atoms in total. The van der Waals surface area contributed by atoms with Crippen molar-refractivity contribution in [2.75, 3.05) is 21.1 Å². The van der Waals surface area contributed by atoms with Crippen LogP contribution in [0.2, 0.25) is 0 Å². The topological polar surface area (TPSA) is 88.2 Å². The monoisotopic (exact) mass is 709 g/mol. The fourth-order valence-corrected chi connectivity index (χ4v) is 7.48. The maximum Gasteiger partial charge on any atom is 0.262 e. The number of amides is 1. The standard InChI is InChI=1S/C43H39N3O5S/c1-3-50-36-24-22-35(23-25-36)46-42(38-16-10-11-17-41(38)51-30-33-14-8-5-9-15-33)45(29-32-12-6-4-7-13-32)40-27-26-37(28-39(40)43(46)47)52(48,49)44-34-20-18-31(2)19-21-34/h4-28,42,44H,3,29-30H2,1-2H3/t42-/m0/s1. The van der Waals surface area contributed by atoms with Gasteiger partial charge in [-0.05, 0) is 85.6 Å². The molecule has 0 saturated carbocycles. The molecule has 0 aliphatic carbocycles. The molecule has 1 aliphatic rings. The van der Waals surface area contributed by atoms with Gasteiger partial charge >= 0.3 is 0 Å². The molecule has 0 bridgehead atoms. The third-order valence-electron chi connectivity index (χ3n) is 8.94. The van der Waals surface area contributed by atoms with Crippen molar-refractivity contribution in [3.8, 4) is 11.5 Å². The molecule has 262 valence electrons. The lowest BCUT2D eigenvalue weighted by atomic mass is 9.98. The van der Waals surface area contributed by atoms with Crippen LogP contribution in [0, 0.1) is 6.92 Å². The van der Waals surface area contributed by atoms with Crippen LogP contribution in [0.4, 0.5) is 17.1 Å². The van der Waals surface area contributed by atoms with Gasteiger partial charge in [-0.1, -0.05) is 96.6 Å². The summed E-state index contributed by atoms with van der Waals surface area (Å²) in [5.41, 5.74) is 5.73. The normalized spacial score (nSPS) is 14.1. The van der Waals surface area contributed by atoms with Crippen LogP contribution < -0.4 is 24.0 Å². The van der Waals surface area contributed by atoms with Gasteiger partial charge in [-0.25, -0.2) is 8.42 Å². The molecule has 1 N–H and O–H groups in total. The van der Waals surface area contributed by atoms with Crippen molar-refractivity contribution >= 4 is 33.0 Å². The zero-order valence-electron chi connectivity index (χ0n) is 29.0. The number of carbonyl (C=O) groups is 1. The highest BCUT2D eigenvalue weighted by atomic mass is 32.2. The average Bonchev–Trinajstić information content (AvgIpc) is 3.17. The Morgan fingerprint density at radius 2 is 1.37 bits per heavy atom. The van der Waals surface area contributed by atoms with E-state index in [-0.39, 0.29) is 16.4 Å². The van der Waals surface area contributed by atoms with Crippen molar-refractivity contribution in [1.29, 1.82) is 0 Å². The minimum atomic E-state index is -4.04. The molecular weight excluding hydrogens is 671 g/mol. The smallest absolute Gasteiger partial charge is 0.262 e. The summed E-state index contributed by atoms with van der Waals surface area (Å²) in [5.74, 6) is 0.956. The lowest BCUT2D eigenvalue weighted by Crippen LogP contribution is -2.49. The van der Waals surface area contributed by atoms with Crippen molar-refractivity contribution < 1.29 is 22.7 Å². The number of fused-ring (bicyclic) bond motifs is 1. The van der Waals surface area contributed by atoms with Gasteiger partial charge in [0.2, 0.25) is 0 Å². The molecule has 52 heavy (non-hydrogen) atoms. The predicted molar refractivity (Wildman–Crippen MR) is 205 cm³/mol. The van der Waals surface area contributed by atoms with Crippen molar-refractivity contribution in [1.82, 2.24) is 0 Å². The zero-order chi connectivity index (χ0) is 36.1. The Morgan fingerprint density at radius 3 is 2.06 bits per heavy atom. The molecule has 0 fully saturated rings. The van der Waals surface area contributed by atoms with Gasteiger partial charge in [0.1, 0.15) is 24.3 Å². The zero-order valence-corrected chi connectivity index (χ0v) is 29.8. The Morgan fingerprint density at radius 1 is 0.712 bits per heavy atom. The van der Waals surface area contributed by atoms with E-state index in [0.29, 0.717) is 48.3 Å². The van der Waals surface area contributed by atoms with Crippen LogP contribution >= 0.6 is 0 Å². The van der Waals surface area contributed by atoms with E-state index < -0.39 is 16.2 Å². The largest absolute Gasteiger partial charge is 0.494 e. The molecule has 6 aromatic carbocycles. The minimum Gasteiger partial charge on any atom is -0.494 e. The van der Waals surface area contributed by atoms with Crippen molar-refractivity contribution in [2.45, 2.75) is 38.1 Å². The fourth-order valence-electron chi connectivity index (χ4n) is 6.40. The molecule has 0 saturated heterocycles. The second kappa shape index (κ2) is 15.0. The summed E-state index contributed by atoms with van der Waals surface area (Å²) in [6.07, 6.45) is -0.668. The van der Waals surface area contributed by atoms with E-state index in [1.807, 2.05) is 135 Å². The second-order valence-corrected chi connectivity index (χ2v) is 14.2. The highest BCUT2D eigenvalue weighted by Crippen LogP contribution is 2.45. The molecule has 1 aliphatic heterocycles. The maximum atomic E-state index is 15.0. The predicted octanol–water partition coefficient (Wildman–Crippen LogP) is 9.14. The minimum absolute atomic E-state index is 0.0171. The summed E-state index contributed by atoms with van der Waals surface area (Å²) in [6.45, 7) is 5.11. The quantitative estimate of drug-likeness (QED) is 0.136. The Kier molecular flexibility index (Phi) is 9.95. The maximum absolute atomic E-state index is 15.0. The molecule has 6 aromatic rings. The molecule has 7 rings (SSSR count). The van der Waals surface area contributed by atoms with Gasteiger partial charge in [-0.15, -0.1) is 0 Å². The number of nitrogens with one attached hydrogen (secondary N) is 1. The molecular formula is C43H39N3O5S. The lowest BCUT2D eigenvalue weighted by Gasteiger charge is -2.46. The molecule has 0 unspecified atom stereocenters. The van der Waals surface area contributed by atoms with Gasteiger partial charge in [0.15, 0.2) is 0 Å². The SMILES string of the molecule is CCOc1ccc(N2C(=O)c3cc(S(=O)(=O)Nc4ccc(C)cc4)ccc3N(Cc3ccccc3)[C@@H]2c2ccccc2OCc2ccccc2)cc1.